The molecule has 0 saturated heterocycles. The molecule has 0 spiro atoms. The molecule has 0 heterocycles. The van der Waals surface area contributed by atoms with Crippen molar-refractivity contribution in [3.63, 3.8) is 0 Å². The molecule has 1 atom stereocenters. The van der Waals surface area contributed by atoms with Gasteiger partial charge in [-0.05, 0) is 223 Å². The Labute approximate surface area is 427 Å². The summed E-state index contributed by atoms with van der Waals surface area (Å²) in [7, 11) is 0. The van der Waals surface area contributed by atoms with E-state index in [2.05, 4.69) is 221 Å². The van der Waals surface area contributed by atoms with Gasteiger partial charge in [0.15, 0.2) is 0 Å². The summed E-state index contributed by atoms with van der Waals surface area (Å²) in [4.78, 5) is 0. The van der Waals surface area contributed by atoms with E-state index in [4.69, 9.17) is 0 Å². The molecule has 0 aliphatic heterocycles. The van der Waals surface area contributed by atoms with Crippen molar-refractivity contribution in [1.29, 1.82) is 0 Å². The van der Waals surface area contributed by atoms with E-state index < -0.39 is 0 Å². The molecule has 0 aliphatic rings. The summed E-state index contributed by atoms with van der Waals surface area (Å²) in [5.41, 5.74) is 29.2. The Kier molecular flexibility index (Phi) is 15.2. The molecule has 0 radical (unpaired) electrons. The van der Waals surface area contributed by atoms with Gasteiger partial charge in [-0.1, -0.05) is 207 Å². The van der Waals surface area contributed by atoms with Crippen LogP contribution in [-0.4, -0.2) is 0 Å². The van der Waals surface area contributed by atoms with Crippen LogP contribution >= 0.6 is 0 Å². The van der Waals surface area contributed by atoms with Crippen LogP contribution in [0, 0.1) is 27.7 Å². The number of benzene rings is 9. The Morgan fingerprint density at radius 2 is 0.761 bits per heavy atom. The maximum absolute atomic E-state index is 2.55. The van der Waals surface area contributed by atoms with Crippen LogP contribution in [0.15, 0.2) is 152 Å². The first-order valence-corrected chi connectivity index (χ1v) is 27.2. The van der Waals surface area contributed by atoms with Gasteiger partial charge >= 0.3 is 0 Å². The monoisotopic (exact) mass is 929 g/mol. The minimum atomic E-state index is 0.548. The summed E-state index contributed by atoms with van der Waals surface area (Å²) in [6.45, 7) is 23.6. The fourth-order valence-corrected chi connectivity index (χ4v) is 12.1. The molecule has 360 valence electrons. The molecular weight excluding hydrogens is 853 g/mol. The van der Waals surface area contributed by atoms with E-state index in [1.165, 1.54) is 138 Å². The average molecular weight is 929 g/mol. The third kappa shape index (κ3) is 9.68. The molecule has 0 nitrogen and oxygen atoms in total. The number of hydrogen-bond donors (Lipinski definition) is 0. The van der Waals surface area contributed by atoms with E-state index in [0.717, 1.165) is 64.2 Å². The summed E-state index contributed by atoms with van der Waals surface area (Å²) in [5, 5.41) is 5.15. The highest BCUT2D eigenvalue weighted by atomic mass is 14.3. The Morgan fingerprint density at radius 3 is 1.24 bits per heavy atom. The normalized spacial score (nSPS) is 12.0. The van der Waals surface area contributed by atoms with E-state index in [-0.39, 0.29) is 0 Å². The van der Waals surface area contributed by atoms with Crippen LogP contribution in [0.4, 0.5) is 0 Å². The second kappa shape index (κ2) is 21.9. The maximum atomic E-state index is 2.55. The van der Waals surface area contributed by atoms with Crippen LogP contribution in [0.1, 0.15) is 141 Å². The second-order valence-corrected chi connectivity index (χ2v) is 20.7. The summed E-state index contributed by atoms with van der Waals surface area (Å²) < 4.78 is 0. The summed E-state index contributed by atoms with van der Waals surface area (Å²) in [6.07, 6.45) is 10.9. The topological polar surface area (TPSA) is 0 Å². The molecule has 71 heavy (non-hydrogen) atoms. The Hall–Kier alpha value is -6.50. The van der Waals surface area contributed by atoms with E-state index in [1.54, 1.807) is 0 Å². The van der Waals surface area contributed by atoms with E-state index in [9.17, 15) is 0 Å². The highest BCUT2D eigenvalue weighted by molar-refractivity contribution is 6.12. The number of hydrogen-bond acceptors (Lipinski definition) is 0. The lowest BCUT2D eigenvalue weighted by Gasteiger charge is -2.25. The minimum absolute atomic E-state index is 0.548. The standard InChI is InChI=1S/C71H76/c1-11-25-52-40-55(26-12-2)71(59(41-52)39-51-29-17-16-18-30-51)63-38-24-36-61(48(63)8)67-45-54-32-20-22-34-65(54)69(50(67)10)68-49(9)66(44-53-31-19-21-33-64(53)68)60-35-23-37-62(47(60)7)70-56(27-13-3)42-58(46(6)15-5)43-57(70)28-14-4/h16-24,29-38,40-46H,11-15,25-28,39H2,1-10H3. The zero-order valence-corrected chi connectivity index (χ0v) is 44.6. The Balaban J connectivity index is 1.27. The van der Waals surface area contributed by atoms with Crippen molar-refractivity contribution in [2.75, 3.05) is 0 Å². The van der Waals surface area contributed by atoms with Crippen LogP contribution in [0.3, 0.4) is 0 Å². The molecular formula is C71H76. The predicted molar refractivity (Wildman–Crippen MR) is 312 cm³/mol. The molecule has 0 saturated carbocycles. The van der Waals surface area contributed by atoms with Gasteiger partial charge in [0, 0.05) is 0 Å². The van der Waals surface area contributed by atoms with Gasteiger partial charge in [0.2, 0.25) is 0 Å². The first kappa shape index (κ1) is 49.5. The summed E-state index contributed by atoms with van der Waals surface area (Å²) in [6, 6.07) is 58.6. The maximum Gasteiger partial charge on any atom is -0.00194 e. The van der Waals surface area contributed by atoms with Gasteiger partial charge in [-0.3, -0.25) is 0 Å². The molecule has 0 fully saturated rings. The van der Waals surface area contributed by atoms with Crippen molar-refractivity contribution in [2.45, 2.75) is 139 Å². The fraction of sp³-hybridized carbons (Fsp3) is 0.296. The van der Waals surface area contributed by atoms with Crippen LogP contribution in [0.25, 0.3) is 77.2 Å². The van der Waals surface area contributed by atoms with Crippen LogP contribution in [0.5, 0.6) is 0 Å². The molecule has 9 aromatic rings. The zero-order chi connectivity index (χ0) is 49.8. The van der Waals surface area contributed by atoms with Gasteiger partial charge in [-0.25, -0.2) is 0 Å². The summed E-state index contributed by atoms with van der Waals surface area (Å²) in [5.74, 6) is 0.548. The van der Waals surface area contributed by atoms with Crippen molar-refractivity contribution < 1.29 is 0 Å². The molecule has 9 rings (SSSR count). The first-order chi connectivity index (χ1) is 34.6. The van der Waals surface area contributed by atoms with Crippen molar-refractivity contribution in [1.82, 2.24) is 0 Å². The Morgan fingerprint density at radius 1 is 0.338 bits per heavy atom. The van der Waals surface area contributed by atoms with E-state index in [0.29, 0.717) is 5.92 Å². The lowest BCUT2D eigenvalue weighted by atomic mass is 9.79. The molecule has 0 aromatic heterocycles. The molecule has 0 aliphatic carbocycles. The van der Waals surface area contributed by atoms with Crippen LogP contribution < -0.4 is 0 Å². The smallest absolute Gasteiger partial charge is 0.00194 e. The van der Waals surface area contributed by atoms with Gasteiger partial charge < -0.3 is 0 Å². The molecule has 0 amide bonds. The van der Waals surface area contributed by atoms with Crippen molar-refractivity contribution in [2.24, 2.45) is 0 Å². The summed E-state index contributed by atoms with van der Waals surface area (Å²) >= 11 is 0. The van der Waals surface area contributed by atoms with Gasteiger partial charge in [-0.15, -0.1) is 0 Å². The molecule has 9 aromatic carbocycles. The number of rotatable bonds is 17. The second-order valence-electron chi connectivity index (χ2n) is 20.7. The molecule has 1 unspecified atom stereocenters. The van der Waals surface area contributed by atoms with Crippen molar-refractivity contribution in [3.05, 3.63) is 213 Å². The molecule has 0 N–H and O–H groups in total. The lowest BCUT2D eigenvalue weighted by Crippen LogP contribution is -2.04. The van der Waals surface area contributed by atoms with Crippen molar-refractivity contribution in [3.8, 4) is 55.6 Å². The highest BCUT2D eigenvalue weighted by Gasteiger charge is 2.24. The third-order valence-electron chi connectivity index (χ3n) is 15.9. The first-order valence-electron chi connectivity index (χ1n) is 27.2. The third-order valence-corrected chi connectivity index (χ3v) is 15.9. The zero-order valence-electron chi connectivity index (χ0n) is 44.6. The van der Waals surface area contributed by atoms with Crippen LogP contribution in [-0.2, 0) is 32.1 Å². The van der Waals surface area contributed by atoms with E-state index >= 15 is 0 Å². The van der Waals surface area contributed by atoms with Crippen molar-refractivity contribution >= 4 is 21.5 Å². The SMILES string of the molecule is CCCc1cc(CCC)c(-c2cccc(-c3cc4ccccc4c(-c4c(C)c(-c5cccc(-c6c(CCC)cc(C(C)CC)cc6CCC)c5C)cc5ccccc45)c3C)c2C)c(Cc2ccccc2)c1. The molecule has 0 heteroatoms. The van der Waals surface area contributed by atoms with Gasteiger partial charge in [0.1, 0.15) is 0 Å². The quantitative estimate of drug-likeness (QED) is 0.0854. The van der Waals surface area contributed by atoms with E-state index in [1.807, 2.05) is 0 Å². The predicted octanol–water partition coefficient (Wildman–Crippen LogP) is 20.5. The minimum Gasteiger partial charge on any atom is -0.0651 e. The lowest BCUT2D eigenvalue weighted by molar-refractivity contribution is 0.728. The average Bonchev–Trinajstić information content (AvgIpc) is 3.37. The molecule has 0 bridgehead atoms. The number of fused-ring (bicyclic) bond motifs is 2. The fourth-order valence-electron chi connectivity index (χ4n) is 12.1. The Bertz CT molecular complexity index is 3330. The highest BCUT2D eigenvalue weighted by Crippen LogP contribution is 2.48. The number of aryl methyl sites for hydroxylation is 4. The van der Waals surface area contributed by atoms with Gasteiger partial charge in [0.05, 0.1) is 0 Å². The van der Waals surface area contributed by atoms with Crippen LogP contribution in [0.2, 0.25) is 0 Å². The van der Waals surface area contributed by atoms with Gasteiger partial charge in [-0.2, -0.15) is 0 Å². The largest absolute Gasteiger partial charge is 0.0651 e. The van der Waals surface area contributed by atoms with Gasteiger partial charge in [0.25, 0.3) is 0 Å².